The smallest absolute Gasteiger partial charge is 0.326 e. The molecule has 248 valence electrons. The molecule has 12 heteroatoms. The highest BCUT2D eigenvalue weighted by Gasteiger charge is 2.35. The molecule has 1 aliphatic rings. The highest BCUT2D eigenvalue weighted by atomic mass is 16.4. The topological polar surface area (TPSA) is 182 Å². The van der Waals surface area contributed by atoms with Crippen molar-refractivity contribution in [3.63, 3.8) is 0 Å². The van der Waals surface area contributed by atoms with Crippen molar-refractivity contribution in [2.45, 2.75) is 104 Å². The van der Waals surface area contributed by atoms with Crippen LogP contribution in [0.15, 0.2) is 30.5 Å². The minimum Gasteiger partial charge on any atom is -0.480 e. The number of hydrogen-bond donors (Lipinski definition) is 7. The number of rotatable bonds is 16. The molecule has 0 unspecified atom stereocenters. The Hall–Kier alpha value is -3.93. The molecule has 45 heavy (non-hydrogen) atoms. The fraction of sp³-hybridized carbons (Fsp3) is 0.606. The van der Waals surface area contributed by atoms with Crippen LogP contribution in [-0.2, 0) is 30.4 Å². The Bertz CT molecular complexity index is 1330. The molecule has 1 aromatic carbocycles. The van der Waals surface area contributed by atoms with Gasteiger partial charge in [-0.05, 0) is 55.2 Å². The third-order valence-electron chi connectivity index (χ3n) is 8.47. The first kappa shape index (κ1) is 35.5. The van der Waals surface area contributed by atoms with Crippen LogP contribution in [0.2, 0.25) is 0 Å². The lowest BCUT2D eigenvalue weighted by molar-refractivity contribution is -0.143. The lowest BCUT2D eigenvalue weighted by Crippen LogP contribution is -2.61. The second-order valence-corrected chi connectivity index (χ2v) is 12.9. The van der Waals surface area contributed by atoms with Gasteiger partial charge < -0.3 is 36.7 Å². The van der Waals surface area contributed by atoms with Gasteiger partial charge in [0, 0.05) is 23.5 Å². The zero-order valence-electron chi connectivity index (χ0n) is 27.2. The average Bonchev–Trinajstić information content (AvgIpc) is 3.68. The number of fused-ring (bicyclic) bond motifs is 1. The molecule has 12 nitrogen and oxygen atoms in total. The molecule has 1 saturated heterocycles. The van der Waals surface area contributed by atoms with Crippen molar-refractivity contribution < 1.29 is 29.1 Å². The van der Waals surface area contributed by atoms with Gasteiger partial charge >= 0.3 is 5.97 Å². The molecular formula is C33H50N6O6. The number of carbonyl (C=O) groups is 5. The van der Waals surface area contributed by atoms with Gasteiger partial charge in [0.05, 0.1) is 6.04 Å². The van der Waals surface area contributed by atoms with Crippen molar-refractivity contribution in [1.29, 1.82) is 0 Å². The second-order valence-electron chi connectivity index (χ2n) is 12.9. The summed E-state index contributed by atoms with van der Waals surface area (Å²) in [6.45, 7) is 11.7. The number of amides is 4. The molecule has 7 N–H and O–H groups in total. The Morgan fingerprint density at radius 3 is 2.16 bits per heavy atom. The Kier molecular flexibility index (Phi) is 13.0. The zero-order chi connectivity index (χ0) is 33.3. The fourth-order valence-corrected chi connectivity index (χ4v) is 5.60. The van der Waals surface area contributed by atoms with Crippen LogP contribution in [0, 0.1) is 17.8 Å². The number of para-hydroxylation sites is 1. The van der Waals surface area contributed by atoms with E-state index >= 15 is 0 Å². The summed E-state index contributed by atoms with van der Waals surface area (Å²) >= 11 is 0. The van der Waals surface area contributed by atoms with Crippen LogP contribution in [0.5, 0.6) is 0 Å². The average molecular weight is 627 g/mol. The first-order chi connectivity index (χ1) is 21.3. The Morgan fingerprint density at radius 2 is 1.56 bits per heavy atom. The van der Waals surface area contributed by atoms with Crippen molar-refractivity contribution in [3.8, 4) is 0 Å². The molecule has 1 fully saturated rings. The minimum absolute atomic E-state index is 0.0331. The zero-order valence-corrected chi connectivity index (χ0v) is 27.2. The number of carboxylic acid groups (broad SMARTS) is 1. The molecule has 2 aromatic rings. The highest BCUT2D eigenvalue weighted by molar-refractivity contribution is 5.96. The van der Waals surface area contributed by atoms with Crippen LogP contribution in [0.25, 0.3) is 10.9 Å². The van der Waals surface area contributed by atoms with E-state index in [4.69, 9.17) is 0 Å². The maximum Gasteiger partial charge on any atom is 0.326 e. The van der Waals surface area contributed by atoms with E-state index in [1.54, 1.807) is 20.8 Å². The molecule has 0 bridgehead atoms. The molecule has 4 amide bonds. The maximum absolute atomic E-state index is 13.8. The monoisotopic (exact) mass is 626 g/mol. The number of aromatic nitrogens is 1. The number of aromatic amines is 1. The summed E-state index contributed by atoms with van der Waals surface area (Å²) in [6, 6.07) is 3.20. The van der Waals surface area contributed by atoms with Gasteiger partial charge in [-0.2, -0.15) is 0 Å². The lowest BCUT2D eigenvalue weighted by atomic mass is 9.95. The summed E-state index contributed by atoms with van der Waals surface area (Å²) in [6.07, 6.45) is 4.34. The molecular weight excluding hydrogens is 576 g/mol. The summed E-state index contributed by atoms with van der Waals surface area (Å²) in [5.74, 6) is -3.73. The van der Waals surface area contributed by atoms with Crippen molar-refractivity contribution in [1.82, 2.24) is 31.6 Å². The number of aliphatic carboxylic acids is 1. The van der Waals surface area contributed by atoms with Crippen LogP contribution >= 0.6 is 0 Å². The fourth-order valence-electron chi connectivity index (χ4n) is 5.60. The quantitative estimate of drug-likeness (QED) is 0.149. The summed E-state index contributed by atoms with van der Waals surface area (Å²) in [5.41, 5.74) is 1.75. The summed E-state index contributed by atoms with van der Waals surface area (Å²) in [7, 11) is 0. The molecule has 2 heterocycles. The lowest BCUT2D eigenvalue weighted by Gasteiger charge is -2.30. The second kappa shape index (κ2) is 16.4. The van der Waals surface area contributed by atoms with Crippen molar-refractivity contribution in [2.75, 3.05) is 6.54 Å². The van der Waals surface area contributed by atoms with E-state index in [1.807, 2.05) is 51.2 Å². The SMILES string of the molecule is CC[C@H](C)[C@H](NC(=O)[C@@H](NC(=O)[C@H](Cc1c[nH]c2ccccc12)NC(=O)[C@@H]1CCCN1)C(C)C)C(=O)N[C@@H](CC(C)C)C(=O)O. The standard InChI is InChI=1S/C33H50N6O6/c1-7-20(6)28(32(43)37-26(33(44)45)15-18(2)3)39-31(42)27(19(4)5)38-30(41)25(36-29(40)24-13-10-14-34-24)16-21-17-35-23-12-9-8-11-22(21)23/h8-9,11-12,17-20,24-28,34-35H,7,10,13-16H2,1-6H3,(H,36,40)(H,37,43)(H,38,41)(H,39,42)(H,44,45)/t20-,24-,25-,26-,27-,28-/m0/s1. The number of hydrogen-bond acceptors (Lipinski definition) is 6. The van der Waals surface area contributed by atoms with Crippen molar-refractivity contribution in [3.05, 3.63) is 36.0 Å². The van der Waals surface area contributed by atoms with E-state index in [-0.39, 0.29) is 36.5 Å². The molecule has 0 radical (unpaired) electrons. The molecule has 1 aliphatic heterocycles. The Morgan fingerprint density at radius 1 is 0.889 bits per heavy atom. The molecule has 6 atom stereocenters. The van der Waals surface area contributed by atoms with Gasteiger partial charge in [-0.1, -0.05) is 66.2 Å². The van der Waals surface area contributed by atoms with E-state index in [1.165, 1.54) is 0 Å². The number of benzene rings is 1. The van der Waals surface area contributed by atoms with Gasteiger partial charge in [0.2, 0.25) is 23.6 Å². The number of nitrogens with one attached hydrogen (secondary N) is 6. The Labute approximate surface area is 265 Å². The van der Waals surface area contributed by atoms with E-state index in [0.717, 1.165) is 29.4 Å². The number of carbonyl (C=O) groups excluding carboxylic acids is 4. The van der Waals surface area contributed by atoms with Crippen LogP contribution in [0.1, 0.15) is 72.8 Å². The van der Waals surface area contributed by atoms with E-state index in [0.29, 0.717) is 12.8 Å². The third kappa shape index (κ3) is 9.78. The van der Waals surface area contributed by atoms with Crippen LogP contribution in [-0.4, -0.2) is 76.4 Å². The van der Waals surface area contributed by atoms with E-state index < -0.39 is 53.9 Å². The molecule has 3 rings (SSSR count). The van der Waals surface area contributed by atoms with Crippen molar-refractivity contribution >= 4 is 40.5 Å². The normalized spacial score (nSPS) is 18.2. The van der Waals surface area contributed by atoms with Gasteiger partial charge in [0.1, 0.15) is 24.2 Å². The molecule has 0 aliphatic carbocycles. The number of H-pyrrole nitrogens is 1. The molecule has 0 spiro atoms. The summed E-state index contributed by atoms with van der Waals surface area (Å²) in [5, 5.41) is 24.8. The van der Waals surface area contributed by atoms with Gasteiger partial charge in [0.25, 0.3) is 0 Å². The van der Waals surface area contributed by atoms with Gasteiger partial charge in [-0.15, -0.1) is 0 Å². The summed E-state index contributed by atoms with van der Waals surface area (Å²) in [4.78, 5) is 68.9. The molecule has 1 aromatic heterocycles. The first-order valence-corrected chi connectivity index (χ1v) is 16.0. The summed E-state index contributed by atoms with van der Waals surface area (Å²) < 4.78 is 0. The van der Waals surface area contributed by atoms with E-state index in [2.05, 4.69) is 31.6 Å². The molecule has 0 saturated carbocycles. The number of carboxylic acids is 1. The van der Waals surface area contributed by atoms with Crippen LogP contribution < -0.4 is 26.6 Å². The van der Waals surface area contributed by atoms with Gasteiger partial charge in [-0.25, -0.2) is 4.79 Å². The highest BCUT2D eigenvalue weighted by Crippen LogP contribution is 2.20. The Balaban J connectivity index is 1.80. The van der Waals surface area contributed by atoms with Gasteiger partial charge in [-0.3, -0.25) is 19.2 Å². The third-order valence-corrected chi connectivity index (χ3v) is 8.47. The van der Waals surface area contributed by atoms with Crippen LogP contribution in [0.4, 0.5) is 0 Å². The minimum atomic E-state index is -1.14. The maximum atomic E-state index is 13.8. The van der Waals surface area contributed by atoms with Gasteiger partial charge in [0.15, 0.2) is 0 Å². The van der Waals surface area contributed by atoms with Crippen LogP contribution in [0.3, 0.4) is 0 Å². The predicted octanol–water partition coefficient (Wildman–Crippen LogP) is 2.23. The predicted molar refractivity (Wildman–Crippen MR) is 172 cm³/mol. The largest absolute Gasteiger partial charge is 0.480 e. The van der Waals surface area contributed by atoms with E-state index in [9.17, 15) is 29.1 Å². The first-order valence-electron chi connectivity index (χ1n) is 16.0. The van der Waals surface area contributed by atoms with Crippen molar-refractivity contribution in [2.24, 2.45) is 17.8 Å².